The van der Waals surface area contributed by atoms with Gasteiger partial charge in [0.25, 0.3) is 5.56 Å². The Morgan fingerprint density at radius 2 is 0.933 bits per heavy atom. The molecule has 0 atom stereocenters. The Bertz CT molecular complexity index is 6110. The molecule has 3 amide bonds. The minimum atomic E-state index is -3.22. The number of aromatic nitrogens is 10. The van der Waals surface area contributed by atoms with Crippen molar-refractivity contribution >= 4 is 240 Å². The number of aldehydes is 1. The molecule has 0 radical (unpaired) electrons. The van der Waals surface area contributed by atoms with E-state index in [0.717, 1.165) is 64.0 Å². The van der Waals surface area contributed by atoms with Crippen molar-refractivity contribution in [3.63, 3.8) is 0 Å². The first-order valence-corrected chi connectivity index (χ1v) is 45.2. The van der Waals surface area contributed by atoms with Gasteiger partial charge in [-0.3, -0.25) is 82.6 Å². The van der Waals surface area contributed by atoms with Crippen molar-refractivity contribution in [1.29, 1.82) is 5.26 Å². The van der Waals surface area contributed by atoms with E-state index in [4.69, 9.17) is 45.1 Å². The number of esters is 9. The number of carbonyl (C=O) groups is 13. The van der Waals surface area contributed by atoms with Gasteiger partial charge in [-0.25, -0.2) is 33.9 Å². The summed E-state index contributed by atoms with van der Waals surface area (Å²) in [6.45, 7) is 11.9. The van der Waals surface area contributed by atoms with Crippen LogP contribution in [0.3, 0.4) is 0 Å². The number of pyridine rings is 10. The SMILES string of the molecule is CC#N.CC(=O)Nc1cnccc1C.CC(=O)Nc1cnccc1C=O.CC(=O)OC(C)=O.COC(=O)C(=Cc1ccncc1NC(C)=O)C(=O)OC.COC(=O)CC(=O)OC.COC(=O)c1cc2ccncc2[nH]c1=O.COC(=O)c1cc2ccncc2nc1-c1ccsc1.COC(=O)c1cc2ccncc2nc1Cl.Cc1ccncc1N.O=P(Cl)(Cl)Cl.O=[Se]=O.OB(O)c1ccsc1. The molecule has 12 aromatic rings. The zero-order valence-electron chi connectivity index (χ0n) is 74.1. The number of nitrogens with two attached hydrogens (primary N) is 1. The Morgan fingerprint density at radius 3 is 1.33 bits per heavy atom. The van der Waals surface area contributed by atoms with Crippen LogP contribution in [0.25, 0.3) is 50.0 Å². The van der Waals surface area contributed by atoms with Gasteiger partial charge in [0.2, 0.25) is 17.7 Å². The van der Waals surface area contributed by atoms with Crippen LogP contribution in [0.2, 0.25) is 5.15 Å². The summed E-state index contributed by atoms with van der Waals surface area (Å²) in [6, 6.07) is 22.4. The molecule has 0 saturated carbocycles. The van der Waals surface area contributed by atoms with Crippen molar-refractivity contribution in [1.82, 2.24) is 49.8 Å². The second-order valence-corrected chi connectivity index (χ2v) is 33.2. The number of carbonyl (C=O) groups excluding carboxylic acids is 13. The maximum absolute atomic E-state index is 11.9. The molecule has 0 aromatic carbocycles. The summed E-state index contributed by atoms with van der Waals surface area (Å²) in [5.74, 6) is -6.06. The van der Waals surface area contributed by atoms with Crippen molar-refractivity contribution < 1.29 is 123 Å². The molecule has 0 aliphatic heterocycles. The van der Waals surface area contributed by atoms with Gasteiger partial charge in [0.05, 0.1) is 149 Å². The van der Waals surface area contributed by atoms with Crippen LogP contribution in [-0.4, -0.2) is 209 Å². The summed E-state index contributed by atoms with van der Waals surface area (Å²) in [6.07, 6.45) is 23.8. The number of H-pyrrole nitrogens is 1. The summed E-state index contributed by atoms with van der Waals surface area (Å²) >= 11 is 21.1. The number of hydrogen-bond acceptors (Lipinski definition) is 40. The number of fused-ring (bicyclic) bond motifs is 3. The normalized spacial score (nSPS) is 9.33. The van der Waals surface area contributed by atoms with Crippen LogP contribution in [0.5, 0.6) is 0 Å². The molecule has 714 valence electrons. The maximum Gasteiger partial charge on any atom is 0.489 e. The monoisotopic (exact) mass is 2060 g/mol. The molecular formula is C84H87BCl4N15O27PS2Se. The van der Waals surface area contributed by atoms with E-state index in [1.165, 1.54) is 144 Å². The summed E-state index contributed by atoms with van der Waals surface area (Å²) in [5.41, 5.74) is 14.9. The zero-order chi connectivity index (χ0) is 102. The summed E-state index contributed by atoms with van der Waals surface area (Å²) in [7, 11) is 7.34. The summed E-state index contributed by atoms with van der Waals surface area (Å²) in [5, 5.41) is 38.7. The second-order valence-electron chi connectivity index (χ2n) is 24.4. The van der Waals surface area contributed by atoms with Crippen molar-refractivity contribution in [3.05, 3.63) is 241 Å². The minimum Gasteiger partial charge on any atom is -0.423 e. The topological polar surface area (TPSA) is 622 Å². The Hall–Kier alpha value is -14.5. The molecule has 0 saturated heterocycles. The molecule has 135 heavy (non-hydrogen) atoms. The molecule has 8 N–H and O–H groups in total. The van der Waals surface area contributed by atoms with Gasteiger partial charge >= 0.3 is 88.5 Å². The number of aryl methyl sites for hydroxylation is 2. The Balaban J connectivity index is 0.00000148. The molecule has 0 unspecified atom stereocenters. The molecule has 0 spiro atoms. The van der Waals surface area contributed by atoms with Gasteiger partial charge in [0.15, 0.2) is 6.29 Å². The van der Waals surface area contributed by atoms with E-state index in [1.54, 1.807) is 114 Å². The van der Waals surface area contributed by atoms with Gasteiger partial charge in [-0.2, -0.15) is 27.9 Å². The number of nitrogens with one attached hydrogen (secondary N) is 4. The molecule has 12 aromatic heterocycles. The third kappa shape index (κ3) is 50.6. The van der Waals surface area contributed by atoms with E-state index in [9.17, 15) is 71.7 Å². The third-order valence-corrected chi connectivity index (χ3v) is 16.4. The molecule has 0 aliphatic rings. The molecule has 12 rings (SSSR count). The number of halogens is 4. The smallest absolute Gasteiger partial charge is 0.423 e. The molecule has 0 fully saturated rings. The zero-order valence-corrected chi connectivity index (χ0v) is 81.4. The van der Waals surface area contributed by atoms with Crippen molar-refractivity contribution in [3.8, 4) is 17.3 Å². The first-order valence-electron chi connectivity index (χ1n) is 37.1. The van der Waals surface area contributed by atoms with Crippen LogP contribution >= 0.6 is 73.2 Å². The number of aromatic amines is 1. The number of nitrogens with zero attached hydrogens (tertiary/aromatic N) is 10. The minimum absolute atomic E-state index is 0.00352. The van der Waals surface area contributed by atoms with Crippen molar-refractivity contribution in [2.75, 3.05) is 71.5 Å². The van der Waals surface area contributed by atoms with E-state index in [2.05, 4.69) is 133 Å². The largest absolute Gasteiger partial charge is 0.489 e. The van der Waals surface area contributed by atoms with Gasteiger partial charge in [-0.05, 0) is 153 Å². The molecule has 0 aliphatic carbocycles. The fraction of sp³-hybridized carbons (Fsp3) is 0.190. The standard InChI is InChI=1S/C14H10N2O2S.C13H14N2O5.C10H7ClN2O2.C10H8N2O3.C8H8N2O2.C8H10N2O.C6H8N2.C5H8O4.C4H5BO2S.C4H6O3.C2H3N.Cl3OP.O2Se/c1-18-14(17)11-6-9-2-4-15-7-12(9)16-13(11)10-3-5-19-8-10;1-8(16)15-11-7-14-5-4-9(11)6-10(12(17)19-2)13(18)20-3;1-15-10(14)7-4-6-2-3-12-5-8(6)13-9(7)11;1-15-10(14)7-4-6-2-3-11-5-8(6)12-9(7)13;1-6(12)10-8-4-9-3-2-7(8)5-11;1-6-3-4-9-5-8(6)10-7(2)11;1-5-2-3-8-4-6(5)7;1-8-4(6)3-5(7)9-2;6-5(7)4-1-2-8-3-4;1-3(5)7-4(2)6;1-2-3;1-5(2,3)4;1-3-2/h2-8H,1H3;4-7H,1-3H3,(H,15,16);2-5H,1H3;2-5H,1H3,(H,12,13);2-5H,1H3,(H,10,12);3-5H,1-2H3,(H,10,11);2-4H,7H2,1H3;3H2,1-2H3;1-3,6-7H;1-2H3;1H3;;. The number of hydrogen-bond donors (Lipinski definition) is 7. The van der Waals surface area contributed by atoms with E-state index in [0.29, 0.717) is 56.5 Å². The average molecular weight is 2070 g/mol. The molecule has 12 heterocycles. The second kappa shape index (κ2) is 67.7. The van der Waals surface area contributed by atoms with E-state index < -0.39 is 80.5 Å². The molecule has 0 bridgehead atoms. The Morgan fingerprint density at radius 1 is 0.541 bits per heavy atom. The average Bonchev–Trinajstić information content (AvgIpc) is 1.77. The number of anilines is 4. The predicted octanol–water partition coefficient (Wildman–Crippen LogP) is 11.8. The Kier molecular flexibility index (Phi) is 60.4. The maximum atomic E-state index is 11.9. The van der Waals surface area contributed by atoms with Gasteiger partial charge < -0.3 is 74.6 Å². The Labute approximate surface area is 803 Å². The number of ether oxygens (including phenoxy) is 8. The summed E-state index contributed by atoms with van der Waals surface area (Å²) in [4.78, 5) is 190. The quantitative estimate of drug-likeness (QED) is 0.00612. The number of thiophene rings is 2. The van der Waals surface area contributed by atoms with E-state index in [-0.39, 0.29) is 52.0 Å². The fourth-order valence-electron chi connectivity index (χ4n) is 8.81. The number of rotatable bonds is 14. The van der Waals surface area contributed by atoms with E-state index in [1.807, 2.05) is 48.9 Å². The van der Waals surface area contributed by atoms with Crippen LogP contribution < -0.4 is 32.7 Å². The number of nitrogen functional groups attached to an aromatic ring is 1. The van der Waals surface area contributed by atoms with Crippen molar-refractivity contribution in [2.24, 2.45) is 0 Å². The van der Waals surface area contributed by atoms with Crippen LogP contribution in [-0.2, 0) is 93.3 Å². The number of amides is 3. The first kappa shape index (κ1) is 121. The molecule has 51 heteroatoms. The summed E-state index contributed by atoms with van der Waals surface area (Å²) < 4.78 is 61.7. The van der Waals surface area contributed by atoms with Gasteiger partial charge in [-0.1, -0.05) is 17.7 Å². The van der Waals surface area contributed by atoms with E-state index >= 15 is 0 Å². The van der Waals surface area contributed by atoms with Gasteiger partial charge in [0.1, 0.15) is 22.7 Å². The van der Waals surface area contributed by atoms with Crippen LogP contribution in [0.15, 0.2) is 191 Å². The molecule has 42 nitrogen and oxygen atoms in total. The first-order chi connectivity index (χ1) is 63.9. The van der Waals surface area contributed by atoms with Gasteiger partial charge in [0, 0.05) is 129 Å². The van der Waals surface area contributed by atoms with Crippen LogP contribution in [0, 0.1) is 25.2 Å². The van der Waals surface area contributed by atoms with Gasteiger partial charge in [-0.15, -0.1) is 0 Å². The third-order valence-electron chi connectivity index (χ3n) is 14.7. The van der Waals surface area contributed by atoms with Crippen LogP contribution in [0.1, 0.15) is 106 Å². The fourth-order valence-corrected chi connectivity index (χ4v) is 10.3. The number of nitriles is 1. The number of methoxy groups -OCH3 is 7. The predicted molar refractivity (Wildman–Crippen MR) is 504 cm³/mol. The van der Waals surface area contributed by atoms with Crippen molar-refractivity contribution in [2.45, 2.75) is 61.8 Å². The molecular weight excluding hydrogens is 1980 g/mol. The van der Waals surface area contributed by atoms with Crippen LogP contribution in [0.4, 0.5) is 22.7 Å².